The van der Waals surface area contributed by atoms with Gasteiger partial charge in [-0.15, -0.1) is 0 Å². The Morgan fingerprint density at radius 1 is 0.968 bits per heavy atom. The summed E-state index contributed by atoms with van der Waals surface area (Å²) in [4.78, 5) is 4.34. The van der Waals surface area contributed by atoms with E-state index in [1.165, 1.54) is 5.56 Å². The number of aliphatic imine (C=N–C) groups is 1. The largest absolute Gasteiger partial charge is 0.497 e. The van der Waals surface area contributed by atoms with Crippen LogP contribution in [0.5, 0.6) is 23.0 Å². The van der Waals surface area contributed by atoms with Gasteiger partial charge in [-0.05, 0) is 62.6 Å². The zero-order valence-electron chi connectivity index (χ0n) is 19.5. The van der Waals surface area contributed by atoms with Crippen LogP contribution in [0.1, 0.15) is 37.4 Å². The molecule has 0 heterocycles. The molecule has 0 bridgehead atoms. The summed E-state index contributed by atoms with van der Waals surface area (Å²) < 4.78 is 21.9. The van der Waals surface area contributed by atoms with Crippen LogP contribution in [0.3, 0.4) is 0 Å². The first-order chi connectivity index (χ1) is 15.1. The Morgan fingerprint density at radius 2 is 1.71 bits per heavy atom. The second kappa shape index (κ2) is 12.6. The van der Waals surface area contributed by atoms with Crippen molar-refractivity contribution in [3.8, 4) is 23.0 Å². The standard InChI is InChI=1S/C24H35N3O4/c1-7-31-23-15-18(10-12-22(23)30-6)9-8-14-26-24(25-3)27-17(2)20-16-19(28-4)11-13-21(20)29-5/h10-13,15-17H,7-9,14H2,1-6H3,(H2,25,26,27). The molecule has 0 amide bonds. The second-order valence-electron chi connectivity index (χ2n) is 6.99. The summed E-state index contributed by atoms with van der Waals surface area (Å²) >= 11 is 0. The zero-order valence-corrected chi connectivity index (χ0v) is 19.5. The van der Waals surface area contributed by atoms with Gasteiger partial charge in [-0.25, -0.2) is 0 Å². The Kier molecular flexibility index (Phi) is 9.81. The quantitative estimate of drug-likeness (QED) is 0.320. The molecule has 0 aliphatic heterocycles. The normalized spacial score (nSPS) is 12.1. The molecule has 0 fully saturated rings. The second-order valence-corrected chi connectivity index (χ2v) is 6.99. The monoisotopic (exact) mass is 429 g/mol. The summed E-state index contributed by atoms with van der Waals surface area (Å²) in [5.41, 5.74) is 2.22. The van der Waals surface area contributed by atoms with Crippen LogP contribution in [-0.2, 0) is 6.42 Å². The van der Waals surface area contributed by atoms with Crippen molar-refractivity contribution in [3.63, 3.8) is 0 Å². The van der Waals surface area contributed by atoms with Crippen molar-refractivity contribution in [2.24, 2.45) is 4.99 Å². The molecule has 2 aromatic carbocycles. The Bertz CT molecular complexity index is 855. The number of hydrogen-bond acceptors (Lipinski definition) is 5. The Labute approximate surface area is 185 Å². The lowest BCUT2D eigenvalue weighted by molar-refractivity contribution is 0.310. The van der Waals surface area contributed by atoms with E-state index in [9.17, 15) is 0 Å². The van der Waals surface area contributed by atoms with E-state index < -0.39 is 0 Å². The topological polar surface area (TPSA) is 73.3 Å². The van der Waals surface area contributed by atoms with Crippen LogP contribution in [0.4, 0.5) is 0 Å². The molecule has 0 radical (unpaired) electrons. The van der Waals surface area contributed by atoms with Gasteiger partial charge in [0.05, 0.1) is 34.0 Å². The van der Waals surface area contributed by atoms with E-state index in [0.717, 1.165) is 53.9 Å². The number of benzene rings is 2. The van der Waals surface area contributed by atoms with E-state index in [0.29, 0.717) is 6.61 Å². The summed E-state index contributed by atoms with van der Waals surface area (Å²) in [6, 6.07) is 11.8. The van der Waals surface area contributed by atoms with Crippen molar-refractivity contribution in [1.29, 1.82) is 0 Å². The molecule has 0 aliphatic rings. The molecule has 2 aromatic rings. The van der Waals surface area contributed by atoms with Crippen LogP contribution in [0.15, 0.2) is 41.4 Å². The van der Waals surface area contributed by atoms with Gasteiger partial charge in [0.1, 0.15) is 11.5 Å². The highest BCUT2D eigenvalue weighted by Gasteiger charge is 2.14. The molecule has 2 N–H and O–H groups in total. The van der Waals surface area contributed by atoms with Gasteiger partial charge >= 0.3 is 0 Å². The van der Waals surface area contributed by atoms with Gasteiger partial charge in [0.15, 0.2) is 17.5 Å². The van der Waals surface area contributed by atoms with Crippen LogP contribution < -0.4 is 29.6 Å². The van der Waals surface area contributed by atoms with Gasteiger partial charge in [-0.1, -0.05) is 6.07 Å². The Hall–Kier alpha value is -3.09. The SMILES string of the molecule is CCOc1cc(CCCNC(=NC)NC(C)c2cc(OC)ccc2OC)ccc1OC. The molecule has 2 rings (SSSR count). The minimum absolute atomic E-state index is 0.00779. The molecule has 0 saturated carbocycles. The average Bonchev–Trinajstić information content (AvgIpc) is 2.80. The number of nitrogens with zero attached hydrogens (tertiary/aromatic N) is 1. The predicted molar refractivity (Wildman–Crippen MR) is 125 cm³/mol. The van der Waals surface area contributed by atoms with E-state index in [-0.39, 0.29) is 6.04 Å². The number of ether oxygens (including phenoxy) is 4. The minimum Gasteiger partial charge on any atom is -0.497 e. The zero-order chi connectivity index (χ0) is 22.6. The summed E-state index contributed by atoms with van der Waals surface area (Å²) in [7, 11) is 6.75. The van der Waals surface area contributed by atoms with Crippen molar-refractivity contribution >= 4 is 5.96 Å². The van der Waals surface area contributed by atoms with Crippen LogP contribution in [-0.4, -0.2) is 47.5 Å². The number of guanidine groups is 1. The van der Waals surface area contributed by atoms with Crippen LogP contribution in [0, 0.1) is 0 Å². The first-order valence-corrected chi connectivity index (χ1v) is 10.5. The smallest absolute Gasteiger partial charge is 0.191 e. The molecule has 0 aliphatic carbocycles. The van der Waals surface area contributed by atoms with E-state index in [1.54, 1.807) is 28.4 Å². The third-order valence-electron chi connectivity index (χ3n) is 4.94. The fraction of sp³-hybridized carbons (Fsp3) is 0.458. The van der Waals surface area contributed by atoms with Crippen LogP contribution in [0.25, 0.3) is 0 Å². The lowest BCUT2D eigenvalue weighted by atomic mass is 10.1. The molecule has 7 heteroatoms. The Balaban J connectivity index is 1.90. The molecule has 170 valence electrons. The molecule has 31 heavy (non-hydrogen) atoms. The fourth-order valence-electron chi connectivity index (χ4n) is 3.30. The van der Waals surface area contributed by atoms with Crippen molar-refractivity contribution in [1.82, 2.24) is 10.6 Å². The van der Waals surface area contributed by atoms with E-state index >= 15 is 0 Å². The highest BCUT2D eigenvalue weighted by atomic mass is 16.5. The van der Waals surface area contributed by atoms with Crippen LogP contribution in [0.2, 0.25) is 0 Å². The molecular weight excluding hydrogens is 394 g/mol. The molecule has 1 unspecified atom stereocenters. The summed E-state index contributed by atoms with van der Waals surface area (Å²) in [6.07, 6.45) is 1.88. The Morgan fingerprint density at radius 3 is 2.35 bits per heavy atom. The van der Waals surface area contributed by atoms with Gasteiger partial charge in [0, 0.05) is 19.2 Å². The molecule has 1 atom stereocenters. The number of rotatable bonds is 11. The molecule has 7 nitrogen and oxygen atoms in total. The summed E-state index contributed by atoms with van der Waals surface area (Å²) in [5.74, 6) is 3.88. The molecule has 0 saturated heterocycles. The number of hydrogen-bond donors (Lipinski definition) is 2. The van der Waals surface area contributed by atoms with Gasteiger partial charge in [-0.3, -0.25) is 4.99 Å². The summed E-state index contributed by atoms with van der Waals surface area (Å²) in [5, 5.41) is 6.79. The van der Waals surface area contributed by atoms with Gasteiger partial charge in [0.25, 0.3) is 0 Å². The van der Waals surface area contributed by atoms with E-state index in [2.05, 4.69) is 28.6 Å². The maximum atomic E-state index is 5.66. The third-order valence-corrected chi connectivity index (χ3v) is 4.94. The fourth-order valence-corrected chi connectivity index (χ4v) is 3.30. The molecular formula is C24H35N3O4. The van der Waals surface area contributed by atoms with Crippen LogP contribution >= 0.6 is 0 Å². The van der Waals surface area contributed by atoms with E-state index in [1.807, 2.05) is 37.3 Å². The highest BCUT2D eigenvalue weighted by Crippen LogP contribution is 2.29. The van der Waals surface area contributed by atoms with Gasteiger partial charge in [0.2, 0.25) is 0 Å². The maximum absolute atomic E-state index is 5.66. The average molecular weight is 430 g/mol. The van der Waals surface area contributed by atoms with Gasteiger partial charge in [-0.2, -0.15) is 0 Å². The first kappa shape index (κ1) is 24.2. The third kappa shape index (κ3) is 6.98. The van der Waals surface area contributed by atoms with Crippen molar-refractivity contribution in [3.05, 3.63) is 47.5 Å². The molecule has 0 aromatic heterocycles. The van der Waals surface area contributed by atoms with Crippen molar-refractivity contribution in [2.45, 2.75) is 32.7 Å². The highest BCUT2D eigenvalue weighted by molar-refractivity contribution is 5.80. The predicted octanol–water partition coefficient (Wildman–Crippen LogP) is 3.97. The number of nitrogens with one attached hydrogen (secondary N) is 2. The lowest BCUT2D eigenvalue weighted by Gasteiger charge is -2.21. The first-order valence-electron chi connectivity index (χ1n) is 10.5. The van der Waals surface area contributed by atoms with E-state index in [4.69, 9.17) is 18.9 Å². The number of methoxy groups -OCH3 is 3. The maximum Gasteiger partial charge on any atom is 0.191 e. The molecule has 0 spiro atoms. The van der Waals surface area contributed by atoms with Crippen molar-refractivity contribution in [2.75, 3.05) is 41.5 Å². The van der Waals surface area contributed by atoms with Crippen molar-refractivity contribution < 1.29 is 18.9 Å². The number of aryl methyl sites for hydroxylation is 1. The minimum atomic E-state index is -0.00779. The summed E-state index contributed by atoms with van der Waals surface area (Å²) in [6.45, 7) is 5.44. The van der Waals surface area contributed by atoms with Gasteiger partial charge < -0.3 is 29.6 Å². The lowest BCUT2D eigenvalue weighted by Crippen LogP contribution is -2.39.